The van der Waals surface area contributed by atoms with Gasteiger partial charge in [-0.05, 0) is 62.3 Å². The Balaban J connectivity index is 1.88. The molecule has 2 fully saturated rings. The van der Waals surface area contributed by atoms with E-state index in [0.29, 0.717) is 6.54 Å². The Kier molecular flexibility index (Phi) is 4.52. The van der Waals surface area contributed by atoms with E-state index in [1.165, 1.54) is 56.3 Å². The molecule has 1 aromatic rings. The van der Waals surface area contributed by atoms with E-state index in [9.17, 15) is 0 Å². The maximum Gasteiger partial charge on any atom is 0.0426 e. The van der Waals surface area contributed by atoms with Gasteiger partial charge in [-0.15, -0.1) is 0 Å². The molecule has 20 heavy (non-hydrogen) atoms. The Morgan fingerprint density at radius 1 is 1.15 bits per heavy atom. The van der Waals surface area contributed by atoms with Crippen LogP contribution in [0.5, 0.6) is 0 Å². The van der Waals surface area contributed by atoms with E-state index in [1.54, 1.807) is 0 Å². The second-order valence-corrected chi connectivity index (χ2v) is 6.70. The van der Waals surface area contributed by atoms with Crippen molar-refractivity contribution in [3.63, 3.8) is 0 Å². The summed E-state index contributed by atoms with van der Waals surface area (Å²) in [5, 5.41) is 0.845. The predicted molar refractivity (Wildman–Crippen MR) is 86.5 cm³/mol. The molecule has 0 radical (unpaired) electrons. The average Bonchev–Trinajstić information content (AvgIpc) is 3.10. The van der Waals surface area contributed by atoms with Gasteiger partial charge in [-0.25, -0.2) is 0 Å². The quantitative estimate of drug-likeness (QED) is 0.909. The lowest BCUT2D eigenvalue weighted by atomic mass is 9.95. The fourth-order valence-electron chi connectivity index (χ4n) is 4.10. The van der Waals surface area contributed by atoms with Crippen LogP contribution >= 0.6 is 11.6 Å². The first-order chi connectivity index (χ1) is 9.79. The van der Waals surface area contributed by atoms with Crippen LogP contribution in [0.2, 0.25) is 5.02 Å². The Morgan fingerprint density at radius 3 is 2.70 bits per heavy atom. The first-order valence-electron chi connectivity index (χ1n) is 8.04. The summed E-state index contributed by atoms with van der Waals surface area (Å²) in [5.41, 5.74) is 8.48. The van der Waals surface area contributed by atoms with E-state index in [2.05, 4.69) is 17.0 Å². The fourth-order valence-corrected chi connectivity index (χ4v) is 4.26. The monoisotopic (exact) mass is 292 g/mol. The molecule has 0 aromatic heterocycles. The summed E-state index contributed by atoms with van der Waals surface area (Å²) < 4.78 is 0. The van der Waals surface area contributed by atoms with Crippen molar-refractivity contribution >= 4 is 17.3 Å². The fraction of sp³-hybridized carbons (Fsp3) is 0.647. The number of rotatable bonds is 4. The zero-order valence-electron chi connectivity index (χ0n) is 12.2. The zero-order chi connectivity index (χ0) is 13.9. The highest BCUT2D eigenvalue weighted by molar-refractivity contribution is 6.30. The van der Waals surface area contributed by atoms with E-state index in [4.69, 9.17) is 17.3 Å². The van der Waals surface area contributed by atoms with Crippen molar-refractivity contribution in [3.8, 4) is 0 Å². The molecule has 3 rings (SSSR count). The summed E-state index contributed by atoms with van der Waals surface area (Å²) in [6, 6.07) is 7.04. The van der Waals surface area contributed by atoms with Crippen LogP contribution in [0.1, 0.15) is 44.1 Å². The van der Waals surface area contributed by atoms with Crippen molar-refractivity contribution in [2.75, 3.05) is 18.0 Å². The van der Waals surface area contributed by atoms with Crippen molar-refractivity contribution < 1.29 is 0 Å². The van der Waals surface area contributed by atoms with Crippen LogP contribution in [-0.4, -0.2) is 19.1 Å². The normalized spacial score (nSPS) is 23.7. The molecular weight excluding hydrogens is 268 g/mol. The van der Waals surface area contributed by atoms with Gasteiger partial charge in [0.15, 0.2) is 0 Å². The molecule has 0 spiro atoms. The number of nitrogens with zero attached hydrogens (tertiary/aromatic N) is 1. The number of nitrogens with two attached hydrogens (primary N) is 1. The number of anilines is 1. The maximum atomic E-state index is 6.24. The Labute approximate surface area is 127 Å². The van der Waals surface area contributed by atoms with Crippen LogP contribution in [0, 0.1) is 5.92 Å². The highest BCUT2D eigenvalue weighted by Crippen LogP contribution is 2.39. The summed E-state index contributed by atoms with van der Waals surface area (Å²) in [7, 11) is 0. The molecule has 3 heteroatoms. The van der Waals surface area contributed by atoms with Crippen LogP contribution < -0.4 is 10.6 Å². The Hall–Kier alpha value is -0.730. The topological polar surface area (TPSA) is 29.3 Å². The maximum absolute atomic E-state index is 6.24. The second-order valence-electron chi connectivity index (χ2n) is 6.26. The van der Waals surface area contributed by atoms with Crippen LogP contribution in [-0.2, 0) is 6.42 Å². The number of hydrogen-bond acceptors (Lipinski definition) is 2. The lowest BCUT2D eigenvalue weighted by molar-refractivity contribution is 0.430. The summed E-state index contributed by atoms with van der Waals surface area (Å²) in [6.07, 6.45) is 9.26. The molecule has 1 unspecified atom stereocenters. The largest absolute Gasteiger partial charge is 0.368 e. The van der Waals surface area contributed by atoms with Crippen molar-refractivity contribution in [2.24, 2.45) is 11.7 Å². The van der Waals surface area contributed by atoms with Gasteiger partial charge in [-0.3, -0.25) is 0 Å². The highest BCUT2D eigenvalue weighted by atomic mass is 35.5. The lowest BCUT2D eigenvalue weighted by Crippen LogP contribution is -2.35. The standard InChI is InChI=1S/C17H25ClN2/c18-15-8-7-14(9-10-19)17(12-15)20-11-3-6-16(20)13-4-1-2-5-13/h7-8,12-13,16H,1-6,9-11,19H2. The number of benzene rings is 1. The second kappa shape index (κ2) is 6.36. The van der Waals surface area contributed by atoms with Gasteiger partial charge in [0.25, 0.3) is 0 Å². The molecule has 1 aromatic carbocycles. The van der Waals surface area contributed by atoms with Crippen molar-refractivity contribution in [2.45, 2.75) is 51.0 Å². The third-order valence-electron chi connectivity index (χ3n) is 5.01. The summed E-state index contributed by atoms with van der Waals surface area (Å²) in [5.74, 6) is 0.891. The number of hydrogen-bond donors (Lipinski definition) is 1. The van der Waals surface area contributed by atoms with Crippen LogP contribution in [0.4, 0.5) is 5.69 Å². The molecule has 1 saturated carbocycles. The summed E-state index contributed by atoms with van der Waals surface area (Å²) in [4.78, 5) is 2.63. The smallest absolute Gasteiger partial charge is 0.0426 e. The zero-order valence-corrected chi connectivity index (χ0v) is 12.9. The predicted octanol–water partition coefficient (Wildman–Crippen LogP) is 4.00. The Bertz CT molecular complexity index is 454. The number of halogens is 1. The highest BCUT2D eigenvalue weighted by Gasteiger charge is 2.34. The first kappa shape index (κ1) is 14.2. The minimum Gasteiger partial charge on any atom is -0.368 e. The molecule has 1 heterocycles. The van der Waals surface area contributed by atoms with Crippen molar-refractivity contribution in [1.82, 2.24) is 0 Å². The molecule has 1 aliphatic carbocycles. The van der Waals surface area contributed by atoms with Gasteiger partial charge in [0.1, 0.15) is 0 Å². The summed E-state index contributed by atoms with van der Waals surface area (Å²) in [6.45, 7) is 1.88. The molecule has 2 aliphatic rings. The molecule has 1 atom stereocenters. The molecule has 1 saturated heterocycles. The van der Waals surface area contributed by atoms with Gasteiger partial charge < -0.3 is 10.6 Å². The van der Waals surface area contributed by atoms with Gasteiger partial charge in [0.05, 0.1) is 0 Å². The third kappa shape index (κ3) is 2.82. The molecule has 0 amide bonds. The molecule has 2 nitrogen and oxygen atoms in total. The van der Waals surface area contributed by atoms with Gasteiger partial charge >= 0.3 is 0 Å². The SMILES string of the molecule is NCCc1ccc(Cl)cc1N1CCCC1C1CCCC1. The lowest BCUT2D eigenvalue weighted by Gasteiger charge is -2.33. The van der Waals surface area contributed by atoms with Crippen LogP contribution in [0.25, 0.3) is 0 Å². The minimum atomic E-state index is 0.705. The van der Waals surface area contributed by atoms with Crippen molar-refractivity contribution in [1.29, 1.82) is 0 Å². The van der Waals surface area contributed by atoms with Crippen molar-refractivity contribution in [3.05, 3.63) is 28.8 Å². The van der Waals surface area contributed by atoms with Crippen LogP contribution in [0.3, 0.4) is 0 Å². The first-order valence-corrected chi connectivity index (χ1v) is 8.42. The van der Waals surface area contributed by atoms with Gasteiger partial charge in [0.2, 0.25) is 0 Å². The third-order valence-corrected chi connectivity index (χ3v) is 5.25. The van der Waals surface area contributed by atoms with Gasteiger partial charge in [-0.2, -0.15) is 0 Å². The molecule has 2 N–H and O–H groups in total. The van der Waals surface area contributed by atoms with Gasteiger partial charge in [0, 0.05) is 23.3 Å². The van der Waals surface area contributed by atoms with E-state index in [0.717, 1.165) is 23.4 Å². The average molecular weight is 293 g/mol. The van der Waals surface area contributed by atoms with E-state index < -0.39 is 0 Å². The minimum absolute atomic E-state index is 0.705. The molecule has 0 bridgehead atoms. The molecular formula is C17H25ClN2. The Morgan fingerprint density at radius 2 is 1.95 bits per heavy atom. The molecule has 110 valence electrons. The van der Waals surface area contributed by atoms with E-state index >= 15 is 0 Å². The molecule has 1 aliphatic heterocycles. The van der Waals surface area contributed by atoms with E-state index in [-0.39, 0.29) is 0 Å². The van der Waals surface area contributed by atoms with Gasteiger partial charge in [-0.1, -0.05) is 30.5 Å². The summed E-state index contributed by atoms with van der Waals surface area (Å²) >= 11 is 6.24. The van der Waals surface area contributed by atoms with Crippen LogP contribution in [0.15, 0.2) is 18.2 Å². The van der Waals surface area contributed by atoms with E-state index in [1.807, 2.05) is 6.07 Å².